The van der Waals surface area contributed by atoms with Crippen LogP contribution in [0.5, 0.6) is 0 Å². The van der Waals surface area contributed by atoms with Crippen LogP contribution in [0.15, 0.2) is 59.7 Å². The molecule has 0 bridgehead atoms. The second kappa shape index (κ2) is 7.27. The SMILES string of the molecule is CC1=NN(c2ccc(C(=O)NC[C@@H](O)c3ccccc3)cc2)CC1. The second-order valence-electron chi connectivity index (χ2n) is 5.89. The van der Waals surface area contributed by atoms with Crippen molar-refractivity contribution in [1.29, 1.82) is 0 Å². The van der Waals surface area contributed by atoms with Gasteiger partial charge in [-0.15, -0.1) is 0 Å². The number of carbonyl (C=O) groups excluding carboxylic acids is 1. The second-order valence-corrected chi connectivity index (χ2v) is 5.89. The van der Waals surface area contributed by atoms with Gasteiger partial charge in [0.1, 0.15) is 0 Å². The van der Waals surface area contributed by atoms with E-state index in [1.54, 1.807) is 12.1 Å². The monoisotopic (exact) mass is 323 g/mol. The number of amides is 1. The molecule has 0 saturated carbocycles. The average molecular weight is 323 g/mol. The molecule has 24 heavy (non-hydrogen) atoms. The summed E-state index contributed by atoms with van der Waals surface area (Å²) in [5.41, 5.74) is 3.45. The topological polar surface area (TPSA) is 64.9 Å². The van der Waals surface area contributed by atoms with Gasteiger partial charge in [0.15, 0.2) is 0 Å². The molecule has 1 atom stereocenters. The fourth-order valence-corrected chi connectivity index (χ4v) is 2.63. The quantitative estimate of drug-likeness (QED) is 0.889. The molecule has 5 heteroatoms. The summed E-state index contributed by atoms with van der Waals surface area (Å²) in [5.74, 6) is -0.197. The van der Waals surface area contributed by atoms with Gasteiger partial charge in [0, 0.05) is 30.8 Å². The fraction of sp³-hybridized carbons (Fsp3) is 0.263. The summed E-state index contributed by atoms with van der Waals surface area (Å²) in [6.07, 6.45) is 0.260. The van der Waals surface area contributed by atoms with Crippen LogP contribution in [0.3, 0.4) is 0 Å². The van der Waals surface area contributed by atoms with Crippen molar-refractivity contribution in [1.82, 2.24) is 5.32 Å². The van der Waals surface area contributed by atoms with Gasteiger partial charge in [-0.1, -0.05) is 30.3 Å². The number of aliphatic hydroxyl groups is 1. The molecule has 0 aromatic heterocycles. The maximum absolute atomic E-state index is 12.2. The van der Waals surface area contributed by atoms with Gasteiger partial charge in [-0.2, -0.15) is 5.10 Å². The minimum Gasteiger partial charge on any atom is -0.387 e. The van der Waals surface area contributed by atoms with E-state index in [0.29, 0.717) is 5.56 Å². The van der Waals surface area contributed by atoms with Crippen LogP contribution in [-0.2, 0) is 0 Å². The smallest absolute Gasteiger partial charge is 0.251 e. The molecule has 0 spiro atoms. The molecule has 2 aromatic carbocycles. The Balaban J connectivity index is 1.57. The lowest BCUT2D eigenvalue weighted by Crippen LogP contribution is -2.28. The number of benzene rings is 2. The zero-order valence-electron chi connectivity index (χ0n) is 13.6. The number of rotatable bonds is 5. The van der Waals surface area contributed by atoms with E-state index in [9.17, 15) is 9.90 Å². The highest BCUT2D eigenvalue weighted by molar-refractivity contribution is 5.94. The molecule has 1 aliphatic rings. The first-order valence-corrected chi connectivity index (χ1v) is 8.06. The zero-order chi connectivity index (χ0) is 16.9. The lowest BCUT2D eigenvalue weighted by molar-refractivity contribution is 0.0916. The van der Waals surface area contributed by atoms with Crippen molar-refractivity contribution in [3.8, 4) is 0 Å². The van der Waals surface area contributed by atoms with Crippen LogP contribution < -0.4 is 10.3 Å². The van der Waals surface area contributed by atoms with E-state index < -0.39 is 6.10 Å². The van der Waals surface area contributed by atoms with Crippen LogP contribution in [0.2, 0.25) is 0 Å². The van der Waals surface area contributed by atoms with Crippen molar-refractivity contribution >= 4 is 17.3 Å². The highest BCUT2D eigenvalue weighted by atomic mass is 16.3. The Labute approximate surface area is 141 Å². The first-order valence-electron chi connectivity index (χ1n) is 8.06. The number of nitrogens with one attached hydrogen (secondary N) is 1. The number of hydrazone groups is 1. The average Bonchev–Trinajstić information content (AvgIpc) is 3.06. The molecular weight excluding hydrogens is 302 g/mol. The fourth-order valence-electron chi connectivity index (χ4n) is 2.63. The molecule has 1 heterocycles. The molecular formula is C19H21N3O2. The van der Waals surface area contributed by atoms with Crippen molar-refractivity contribution in [2.24, 2.45) is 5.10 Å². The molecule has 0 fully saturated rings. The van der Waals surface area contributed by atoms with E-state index >= 15 is 0 Å². The standard InChI is InChI=1S/C19H21N3O2/c1-14-11-12-22(21-14)17-9-7-16(8-10-17)19(24)20-13-18(23)15-5-3-2-4-6-15/h2-10,18,23H,11-13H2,1H3,(H,20,24)/t18-/m1/s1. The van der Waals surface area contributed by atoms with Crippen LogP contribution in [0.25, 0.3) is 0 Å². The Morgan fingerprint density at radius 3 is 2.54 bits per heavy atom. The zero-order valence-corrected chi connectivity index (χ0v) is 13.6. The molecule has 2 N–H and O–H groups in total. The maximum atomic E-state index is 12.2. The van der Waals surface area contributed by atoms with Crippen LogP contribution in [0.4, 0.5) is 5.69 Å². The van der Waals surface area contributed by atoms with Crippen LogP contribution in [0.1, 0.15) is 35.4 Å². The Bertz CT molecular complexity index is 726. The first kappa shape index (κ1) is 16.2. The lowest BCUT2D eigenvalue weighted by atomic mass is 10.1. The molecule has 0 saturated heterocycles. The summed E-state index contributed by atoms with van der Waals surface area (Å²) in [4.78, 5) is 12.2. The predicted octanol–water partition coefficient (Wildman–Crippen LogP) is 2.74. The molecule has 0 unspecified atom stereocenters. The maximum Gasteiger partial charge on any atom is 0.251 e. The summed E-state index contributed by atoms with van der Waals surface area (Å²) in [6.45, 7) is 3.07. The molecule has 2 aromatic rings. The third kappa shape index (κ3) is 3.81. The largest absolute Gasteiger partial charge is 0.387 e. The summed E-state index contributed by atoms with van der Waals surface area (Å²) in [6, 6.07) is 16.6. The first-order chi connectivity index (χ1) is 11.6. The molecule has 1 amide bonds. The summed E-state index contributed by atoms with van der Waals surface area (Å²) >= 11 is 0. The van der Waals surface area contributed by atoms with Gasteiger partial charge in [0.25, 0.3) is 5.91 Å². The molecule has 1 aliphatic heterocycles. The van der Waals surface area contributed by atoms with Crippen molar-refractivity contribution in [3.05, 3.63) is 65.7 Å². The van der Waals surface area contributed by atoms with Crippen LogP contribution in [-0.4, -0.2) is 29.8 Å². The van der Waals surface area contributed by atoms with E-state index in [-0.39, 0.29) is 12.5 Å². The number of aliphatic hydroxyl groups excluding tert-OH is 1. The van der Waals surface area contributed by atoms with Gasteiger partial charge in [-0.25, -0.2) is 0 Å². The van der Waals surface area contributed by atoms with Crippen molar-refractivity contribution in [3.63, 3.8) is 0 Å². The van der Waals surface area contributed by atoms with E-state index in [4.69, 9.17) is 0 Å². The van der Waals surface area contributed by atoms with Crippen molar-refractivity contribution < 1.29 is 9.90 Å². The highest BCUT2D eigenvalue weighted by Crippen LogP contribution is 2.20. The van der Waals surface area contributed by atoms with Gasteiger partial charge in [-0.3, -0.25) is 9.80 Å². The molecule has 0 radical (unpaired) electrons. The van der Waals surface area contributed by atoms with E-state index in [0.717, 1.165) is 29.9 Å². The van der Waals surface area contributed by atoms with Crippen LogP contribution >= 0.6 is 0 Å². The number of nitrogens with zero attached hydrogens (tertiary/aromatic N) is 2. The van der Waals surface area contributed by atoms with Gasteiger partial charge in [0.05, 0.1) is 11.8 Å². The number of carbonyl (C=O) groups is 1. The number of hydrogen-bond donors (Lipinski definition) is 2. The Kier molecular flexibility index (Phi) is 4.91. The van der Waals surface area contributed by atoms with Gasteiger partial charge >= 0.3 is 0 Å². The Morgan fingerprint density at radius 2 is 1.92 bits per heavy atom. The normalized spacial score (nSPS) is 15.1. The van der Waals surface area contributed by atoms with Crippen LogP contribution in [0, 0.1) is 0 Å². The third-order valence-electron chi connectivity index (χ3n) is 4.04. The molecule has 124 valence electrons. The minimum atomic E-state index is -0.712. The molecule has 5 nitrogen and oxygen atoms in total. The third-order valence-corrected chi connectivity index (χ3v) is 4.04. The van der Waals surface area contributed by atoms with E-state index in [1.165, 1.54) is 0 Å². The number of hydrogen-bond acceptors (Lipinski definition) is 4. The number of anilines is 1. The minimum absolute atomic E-state index is 0.181. The van der Waals surface area contributed by atoms with Crippen molar-refractivity contribution in [2.75, 3.05) is 18.1 Å². The Morgan fingerprint density at radius 1 is 1.21 bits per heavy atom. The summed E-state index contributed by atoms with van der Waals surface area (Å²) in [7, 11) is 0. The van der Waals surface area contributed by atoms with Crippen molar-refractivity contribution in [2.45, 2.75) is 19.4 Å². The Hall–Kier alpha value is -2.66. The molecule has 0 aliphatic carbocycles. The molecule has 3 rings (SSSR count). The van der Waals surface area contributed by atoms with Gasteiger partial charge < -0.3 is 10.4 Å². The van der Waals surface area contributed by atoms with Gasteiger partial charge in [0.2, 0.25) is 0 Å². The van der Waals surface area contributed by atoms with E-state index in [1.807, 2.05) is 54.4 Å². The lowest BCUT2D eigenvalue weighted by Gasteiger charge is -2.15. The van der Waals surface area contributed by atoms with Gasteiger partial charge in [-0.05, 0) is 36.8 Å². The highest BCUT2D eigenvalue weighted by Gasteiger charge is 2.14. The summed E-state index contributed by atoms with van der Waals surface area (Å²) < 4.78 is 0. The van der Waals surface area contributed by atoms with E-state index in [2.05, 4.69) is 10.4 Å². The predicted molar refractivity (Wildman–Crippen MR) is 95.2 cm³/mol. The summed E-state index contributed by atoms with van der Waals surface area (Å²) in [5, 5.41) is 19.2.